The van der Waals surface area contributed by atoms with Crippen molar-refractivity contribution in [3.63, 3.8) is 0 Å². The highest BCUT2D eigenvalue weighted by molar-refractivity contribution is 8.00. The van der Waals surface area contributed by atoms with Crippen molar-refractivity contribution in [3.05, 3.63) is 41.2 Å². The summed E-state index contributed by atoms with van der Waals surface area (Å²) >= 11 is 1.36. The van der Waals surface area contributed by atoms with Gasteiger partial charge in [-0.1, -0.05) is 48.8 Å². The van der Waals surface area contributed by atoms with Crippen molar-refractivity contribution < 1.29 is 9.32 Å². The molecule has 2 aromatic heterocycles. The van der Waals surface area contributed by atoms with E-state index in [1.807, 2.05) is 32.0 Å². The van der Waals surface area contributed by atoms with Crippen LogP contribution < -0.4 is 5.32 Å². The van der Waals surface area contributed by atoms with Crippen LogP contribution in [0, 0.1) is 20.8 Å². The zero-order chi connectivity index (χ0) is 20.1. The van der Waals surface area contributed by atoms with Crippen molar-refractivity contribution in [2.24, 2.45) is 0 Å². The largest absolute Gasteiger partial charge is 0.360 e. The number of tetrazole rings is 1. The predicted molar refractivity (Wildman–Crippen MR) is 108 cm³/mol. The number of benzene rings is 1. The highest BCUT2D eigenvalue weighted by Gasteiger charge is 2.24. The average molecular weight is 401 g/mol. The van der Waals surface area contributed by atoms with Crippen LogP contribution in [0.2, 0.25) is 0 Å². The number of nitrogens with one attached hydrogen (secondary N) is 1. The van der Waals surface area contributed by atoms with Crippen LogP contribution >= 0.6 is 11.8 Å². The molecular formula is C19H24N6O2S. The molecule has 1 atom stereocenters. The number of carbonyl (C=O) groups is 1. The normalized spacial score (nSPS) is 12.1. The molecular weight excluding hydrogens is 376 g/mol. The zero-order valence-corrected chi connectivity index (χ0v) is 17.3. The molecule has 8 nitrogen and oxygen atoms in total. The smallest absolute Gasteiger partial charge is 0.239 e. The molecule has 0 aliphatic rings. The lowest BCUT2D eigenvalue weighted by Crippen LogP contribution is -2.26. The maximum Gasteiger partial charge on any atom is 0.239 e. The minimum absolute atomic E-state index is 0.137. The summed E-state index contributed by atoms with van der Waals surface area (Å²) < 4.78 is 6.72. The maximum absolute atomic E-state index is 12.8. The molecule has 3 aromatic rings. The van der Waals surface area contributed by atoms with Crippen LogP contribution in [0.25, 0.3) is 5.69 Å². The van der Waals surface area contributed by atoms with Crippen molar-refractivity contribution in [1.29, 1.82) is 0 Å². The number of nitrogens with zero attached hydrogens (tertiary/aromatic N) is 5. The highest BCUT2D eigenvalue weighted by Crippen LogP contribution is 2.29. The van der Waals surface area contributed by atoms with Crippen molar-refractivity contribution in [3.8, 4) is 5.69 Å². The van der Waals surface area contributed by atoms with E-state index in [-0.39, 0.29) is 11.2 Å². The van der Waals surface area contributed by atoms with Gasteiger partial charge in [0.05, 0.1) is 10.9 Å². The monoisotopic (exact) mass is 400 g/mol. The quantitative estimate of drug-likeness (QED) is 0.573. The molecule has 0 fully saturated rings. The fourth-order valence-electron chi connectivity index (χ4n) is 2.76. The van der Waals surface area contributed by atoms with Crippen molar-refractivity contribution >= 4 is 23.5 Å². The Morgan fingerprint density at radius 1 is 1.32 bits per heavy atom. The third-order valence-corrected chi connectivity index (χ3v) is 5.68. The Kier molecular flexibility index (Phi) is 6.45. The second-order valence-electron chi connectivity index (χ2n) is 6.65. The first kappa shape index (κ1) is 20.1. The van der Waals surface area contributed by atoms with Gasteiger partial charge in [0.2, 0.25) is 11.1 Å². The minimum atomic E-state index is -0.341. The van der Waals surface area contributed by atoms with Gasteiger partial charge in [-0.05, 0) is 54.8 Å². The maximum atomic E-state index is 12.8. The fourth-order valence-corrected chi connectivity index (χ4v) is 3.78. The number of unbranched alkanes of at least 4 members (excludes halogenated alkanes) is 1. The molecule has 148 valence electrons. The van der Waals surface area contributed by atoms with Crippen molar-refractivity contribution in [1.82, 2.24) is 25.4 Å². The van der Waals surface area contributed by atoms with E-state index >= 15 is 0 Å². The van der Waals surface area contributed by atoms with Crippen LogP contribution in [-0.2, 0) is 4.79 Å². The molecule has 1 unspecified atom stereocenters. The molecule has 1 amide bonds. The molecule has 1 aromatic carbocycles. The number of thioether (sulfide) groups is 1. The van der Waals surface area contributed by atoms with Crippen molar-refractivity contribution in [2.45, 2.75) is 57.4 Å². The third kappa shape index (κ3) is 4.59. The van der Waals surface area contributed by atoms with Crippen LogP contribution in [0.3, 0.4) is 0 Å². The van der Waals surface area contributed by atoms with Crippen molar-refractivity contribution in [2.75, 3.05) is 5.32 Å². The number of rotatable bonds is 8. The molecule has 3 rings (SSSR count). The number of hydrogen-bond acceptors (Lipinski definition) is 7. The summed E-state index contributed by atoms with van der Waals surface area (Å²) in [5, 5.41) is 19.0. The minimum Gasteiger partial charge on any atom is -0.360 e. The van der Waals surface area contributed by atoms with E-state index in [0.29, 0.717) is 23.2 Å². The average Bonchev–Trinajstić information content (AvgIpc) is 3.29. The van der Waals surface area contributed by atoms with Gasteiger partial charge in [0.1, 0.15) is 5.76 Å². The molecule has 0 spiro atoms. The van der Waals surface area contributed by atoms with Gasteiger partial charge in [-0.15, -0.1) is 5.10 Å². The Bertz CT molecular complexity index is 952. The lowest BCUT2D eigenvalue weighted by molar-refractivity contribution is -0.115. The number of aromatic nitrogens is 5. The second-order valence-corrected chi connectivity index (χ2v) is 7.82. The number of anilines is 1. The first-order valence-electron chi connectivity index (χ1n) is 9.25. The number of carbonyl (C=O) groups excluding carboxylic acids is 1. The van der Waals surface area contributed by atoms with Crippen LogP contribution in [0.1, 0.15) is 43.1 Å². The van der Waals surface area contributed by atoms with Gasteiger partial charge in [-0.25, -0.2) is 0 Å². The zero-order valence-electron chi connectivity index (χ0n) is 16.5. The van der Waals surface area contributed by atoms with E-state index < -0.39 is 0 Å². The van der Waals surface area contributed by atoms with E-state index in [2.05, 4.69) is 32.9 Å². The van der Waals surface area contributed by atoms with E-state index in [4.69, 9.17) is 4.52 Å². The SMILES string of the molecule is CCCCC(Sc1nnnn1-c1cccc(C)c1C)C(=O)Nc1cc(C)on1. The summed E-state index contributed by atoms with van der Waals surface area (Å²) in [5.74, 6) is 0.924. The number of aryl methyl sites for hydroxylation is 2. The number of amides is 1. The highest BCUT2D eigenvalue weighted by atomic mass is 32.2. The molecule has 0 aliphatic heterocycles. The molecule has 0 aliphatic carbocycles. The van der Waals surface area contributed by atoms with Gasteiger partial charge in [-0.3, -0.25) is 4.79 Å². The molecule has 0 radical (unpaired) electrons. The van der Waals surface area contributed by atoms with Crippen LogP contribution in [-0.4, -0.2) is 36.5 Å². The molecule has 28 heavy (non-hydrogen) atoms. The summed E-state index contributed by atoms with van der Waals surface area (Å²) in [6, 6.07) is 7.69. The summed E-state index contributed by atoms with van der Waals surface area (Å²) in [4.78, 5) is 12.8. The van der Waals surface area contributed by atoms with Crippen LogP contribution in [0.5, 0.6) is 0 Å². The van der Waals surface area contributed by atoms with E-state index in [9.17, 15) is 4.79 Å². The second kappa shape index (κ2) is 9.01. The van der Waals surface area contributed by atoms with Gasteiger partial charge < -0.3 is 9.84 Å². The Hall–Kier alpha value is -2.68. The third-order valence-electron chi connectivity index (χ3n) is 4.48. The van der Waals surface area contributed by atoms with Gasteiger partial charge in [0, 0.05) is 6.07 Å². The summed E-state index contributed by atoms with van der Waals surface area (Å²) in [6.45, 7) is 7.97. The van der Waals surface area contributed by atoms with Crippen LogP contribution in [0.4, 0.5) is 5.82 Å². The van der Waals surface area contributed by atoms with Gasteiger partial charge in [-0.2, -0.15) is 4.68 Å². The number of hydrogen-bond donors (Lipinski definition) is 1. The van der Waals surface area contributed by atoms with E-state index in [0.717, 1.165) is 29.7 Å². The Balaban J connectivity index is 1.82. The lowest BCUT2D eigenvalue weighted by atomic mass is 10.1. The van der Waals surface area contributed by atoms with E-state index in [1.165, 1.54) is 11.8 Å². The van der Waals surface area contributed by atoms with E-state index in [1.54, 1.807) is 17.7 Å². The summed E-state index contributed by atoms with van der Waals surface area (Å²) in [5.41, 5.74) is 3.17. The Labute approximate surface area is 168 Å². The first-order valence-corrected chi connectivity index (χ1v) is 10.1. The topological polar surface area (TPSA) is 98.7 Å². The first-order chi connectivity index (χ1) is 13.5. The standard InChI is InChI=1S/C19H24N6O2S/c1-5-6-10-16(18(26)20-17-11-13(3)27-22-17)28-19-21-23-24-25(19)15-9-7-8-12(2)14(15)4/h7-9,11,16H,5-6,10H2,1-4H3,(H,20,22,26). The summed E-state index contributed by atoms with van der Waals surface area (Å²) in [6.07, 6.45) is 2.63. The molecule has 1 N–H and O–H groups in total. The van der Waals surface area contributed by atoms with Gasteiger partial charge in [0.25, 0.3) is 0 Å². The van der Waals surface area contributed by atoms with Crippen LogP contribution in [0.15, 0.2) is 33.9 Å². The predicted octanol–water partition coefficient (Wildman–Crippen LogP) is 3.87. The molecule has 0 saturated heterocycles. The molecule has 0 bridgehead atoms. The molecule has 0 saturated carbocycles. The van der Waals surface area contributed by atoms with Gasteiger partial charge in [0.15, 0.2) is 5.82 Å². The molecule has 2 heterocycles. The lowest BCUT2D eigenvalue weighted by Gasteiger charge is -2.15. The van der Waals surface area contributed by atoms with Gasteiger partial charge >= 0.3 is 0 Å². The Morgan fingerprint density at radius 3 is 2.86 bits per heavy atom. The fraction of sp³-hybridized carbons (Fsp3) is 0.421. The Morgan fingerprint density at radius 2 is 2.14 bits per heavy atom. The summed E-state index contributed by atoms with van der Waals surface area (Å²) in [7, 11) is 0. The molecule has 9 heteroatoms.